The van der Waals surface area contributed by atoms with E-state index in [9.17, 15) is 8.42 Å². The lowest BCUT2D eigenvalue weighted by Crippen LogP contribution is -2.36. The molecule has 1 heterocycles. The molecule has 0 spiro atoms. The summed E-state index contributed by atoms with van der Waals surface area (Å²) in [5.41, 5.74) is 0. The first-order chi connectivity index (χ1) is 8.12. The summed E-state index contributed by atoms with van der Waals surface area (Å²) in [5.74, 6) is 0. The Morgan fingerprint density at radius 3 is 2.29 bits per heavy atom. The molecular weight excluding hydrogens is 246 g/mol. The number of H-pyrrole nitrogens is 1. The Morgan fingerprint density at radius 1 is 1.29 bits per heavy atom. The molecule has 0 fully saturated rings. The molecule has 0 aliphatic carbocycles. The summed E-state index contributed by atoms with van der Waals surface area (Å²) in [5, 5.41) is 6.16. The fourth-order valence-corrected chi connectivity index (χ4v) is 2.57. The van der Waals surface area contributed by atoms with Crippen LogP contribution >= 0.6 is 0 Å². The van der Waals surface area contributed by atoms with Gasteiger partial charge in [0.2, 0.25) is 0 Å². The SMILES string of the molecule is COCCN(CCOC)S(=O)(=O)c1ccn[nH]1. The number of nitrogens with zero attached hydrogens (tertiary/aromatic N) is 2. The molecule has 0 unspecified atom stereocenters. The summed E-state index contributed by atoms with van der Waals surface area (Å²) in [6.07, 6.45) is 1.40. The van der Waals surface area contributed by atoms with Crippen LogP contribution < -0.4 is 0 Å². The van der Waals surface area contributed by atoms with Gasteiger partial charge in [-0.2, -0.15) is 9.40 Å². The van der Waals surface area contributed by atoms with Crippen molar-refractivity contribution in [1.82, 2.24) is 14.5 Å². The molecule has 7 nitrogen and oxygen atoms in total. The van der Waals surface area contributed by atoms with Crippen molar-refractivity contribution < 1.29 is 17.9 Å². The minimum Gasteiger partial charge on any atom is -0.383 e. The van der Waals surface area contributed by atoms with E-state index in [1.54, 1.807) is 0 Å². The van der Waals surface area contributed by atoms with E-state index in [0.717, 1.165) is 0 Å². The van der Waals surface area contributed by atoms with Crippen molar-refractivity contribution in [3.63, 3.8) is 0 Å². The van der Waals surface area contributed by atoms with Crippen LogP contribution in [0.25, 0.3) is 0 Å². The van der Waals surface area contributed by atoms with Gasteiger partial charge in [0.1, 0.15) is 0 Å². The van der Waals surface area contributed by atoms with Gasteiger partial charge in [0, 0.05) is 27.3 Å². The Balaban J connectivity index is 2.80. The second kappa shape index (κ2) is 6.70. The number of hydrogen-bond donors (Lipinski definition) is 1. The number of sulfonamides is 1. The van der Waals surface area contributed by atoms with Gasteiger partial charge in [-0.15, -0.1) is 0 Å². The van der Waals surface area contributed by atoms with E-state index in [1.807, 2.05) is 0 Å². The molecule has 1 N–H and O–H groups in total. The Kier molecular flexibility index (Phi) is 5.56. The lowest BCUT2D eigenvalue weighted by molar-refractivity contribution is 0.150. The maximum atomic E-state index is 12.1. The molecule has 0 saturated carbocycles. The summed E-state index contributed by atoms with van der Waals surface area (Å²) >= 11 is 0. The zero-order valence-corrected chi connectivity index (χ0v) is 10.7. The molecule has 0 aliphatic heterocycles. The predicted octanol–water partition coefficient (Wildman–Crippen LogP) is -0.307. The van der Waals surface area contributed by atoms with Crippen molar-refractivity contribution in [1.29, 1.82) is 0 Å². The minimum absolute atomic E-state index is 0.0738. The van der Waals surface area contributed by atoms with Gasteiger partial charge in [-0.3, -0.25) is 5.10 Å². The van der Waals surface area contributed by atoms with E-state index < -0.39 is 10.0 Å². The maximum Gasteiger partial charge on any atom is 0.260 e. The third-order valence-corrected chi connectivity index (χ3v) is 4.01. The molecule has 0 radical (unpaired) electrons. The Hall–Kier alpha value is -0.960. The molecule has 0 amide bonds. The summed E-state index contributed by atoms with van der Waals surface area (Å²) < 4.78 is 35.4. The van der Waals surface area contributed by atoms with Crippen molar-refractivity contribution in [2.75, 3.05) is 40.5 Å². The monoisotopic (exact) mass is 263 g/mol. The second-order valence-electron chi connectivity index (χ2n) is 3.31. The molecule has 1 aromatic heterocycles. The van der Waals surface area contributed by atoms with Crippen LogP contribution in [0.2, 0.25) is 0 Å². The van der Waals surface area contributed by atoms with Crippen molar-refractivity contribution in [3.05, 3.63) is 12.3 Å². The molecule has 17 heavy (non-hydrogen) atoms. The summed E-state index contributed by atoms with van der Waals surface area (Å²) in [6.45, 7) is 1.22. The fraction of sp³-hybridized carbons (Fsp3) is 0.667. The smallest absolute Gasteiger partial charge is 0.260 e. The van der Waals surface area contributed by atoms with Crippen molar-refractivity contribution in [2.45, 2.75) is 5.03 Å². The van der Waals surface area contributed by atoms with Crippen LogP contribution in [0.15, 0.2) is 17.3 Å². The Morgan fingerprint density at radius 2 is 1.88 bits per heavy atom. The topological polar surface area (TPSA) is 84.5 Å². The van der Waals surface area contributed by atoms with Gasteiger partial charge in [-0.05, 0) is 6.07 Å². The molecule has 8 heteroatoms. The van der Waals surface area contributed by atoms with Gasteiger partial charge in [-0.25, -0.2) is 8.42 Å². The highest BCUT2D eigenvalue weighted by Crippen LogP contribution is 2.11. The third-order valence-electron chi connectivity index (χ3n) is 2.18. The molecule has 0 aromatic carbocycles. The lowest BCUT2D eigenvalue weighted by atomic mass is 10.6. The van der Waals surface area contributed by atoms with Crippen LogP contribution in [0.4, 0.5) is 0 Å². The average Bonchev–Trinajstić information content (AvgIpc) is 2.83. The molecule has 0 aliphatic rings. The third kappa shape index (κ3) is 3.77. The number of aromatic nitrogens is 2. The van der Waals surface area contributed by atoms with E-state index >= 15 is 0 Å². The van der Waals surface area contributed by atoms with Crippen LogP contribution in [0.5, 0.6) is 0 Å². The number of hydrogen-bond acceptors (Lipinski definition) is 5. The van der Waals surface area contributed by atoms with Crippen molar-refractivity contribution >= 4 is 10.0 Å². The molecule has 98 valence electrons. The Bertz CT molecular complexity index is 396. The average molecular weight is 263 g/mol. The zero-order valence-electron chi connectivity index (χ0n) is 9.92. The first kappa shape index (κ1) is 14.1. The molecule has 1 rings (SSSR count). The van der Waals surface area contributed by atoms with Crippen molar-refractivity contribution in [3.8, 4) is 0 Å². The quantitative estimate of drug-likeness (QED) is 0.695. The van der Waals surface area contributed by atoms with Crippen molar-refractivity contribution in [2.24, 2.45) is 0 Å². The van der Waals surface area contributed by atoms with Crippen LogP contribution in [0.1, 0.15) is 0 Å². The minimum atomic E-state index is -3.55. The molecular formula is C9H17N3O4S. The van der Waals surface area contributed by atoms with Gasteiger partial charge < -0.3 is 9.47 Å². The molecule has 0 atom stereocenters. The van der Waals surface area contributed by atoms with E-state index in [4.69, 9.17) is 9.47 Å². The highest BCUT2D eigenvalue weighted by atomic mass is 32.2. The van der Waals surface area contributed by atoms with Crippen LogP contribution in [-0.4, -0.2) is 63.4 Å². The second-order valence-corrected chi connectivity index (χ2v) is 5.22. The number of methoxy groups -OCH3 is 2. The molecule has 0 bridgehead atoms. The standard InChI is InChI=1S/C9H17N3O4S/c1-15-7-5-12(6-8-16-2)17(13,14)9-3-4-10-11-9/h3-4H,5-8H2,1-2H3,(H,10,11). The summed E-state index contributed by atoms with van der Waals surface area (Å²) in [4.78, 5) is 0. The molecule has 0 saturated heterocycles. The van der Waals surface area contributed by atoms with Crippen LogP contribution in [0.3, 0.4) is 0 Å². The van der Waals surface area contributed by atoms with Gasteiger partial charge >= 0.3 is 0 Å². The number of nitrogens with one attached hydrogen (secondary N) is 1. The molecule has 1 aromatic rings. The fourth-order valence-electron chi connectivity index (χ4n) is 1.26. The van der Waals surface area contributed by atoms with E-state index in [1.165, 1.54) is 30.8 Å². The van der Waals surface area contributed by atoms with E-state index in [0.29, 0.717) is 13.2 Å². The van der Waals surface area contributed by atoms with E-state index in [2.05, 4.69) is 10.2 Å². The van der Waals surface area contributed by atoms with Gasteiger partial charge in [0.15, 0.2) is 5.03 Å². The zero-order chi connectivity index (χ0) is 12.7. The maximum absolute atomic E-state index is 12.1. The number of aromatic amines is 1. The predicted molar refractivity (Wildman–Crippen MR) is 61.1 cm³/mol. The highest BCUT2D eigenvalue weighted by Gasteiger charge is 2.24. The lowest BCUT2D eigenvalue weighted by Gasteiger charge is -2.20. The number of ether oxygens (including phenoxy) is 2. The van der Waals surface area contributed by atoms with Gasteiger partial charge in [-0.1, -0.05) is 0 Å². The first-order valence-electron chi connectivity index (χ1n) is 5.10. The van der Waals surface area contributed by atoms with Gasteiger partial charge in [0.25, 0.3) is 10.0 Å². The van der Waals surface area contributed by atoms with E-state index in [-0.39, 0.29) is 18.1 Å². The largest absolute Gasteiger partial charge is 0.383 e. The van der Waals surface area contributed by atoms with Gasteiger partial charge in [0.05, 0.1) is 19.4 Å². The Labute approximate surface area is 101 Å². The van der Waals surface area contributed by atoms with Crippen LogP contribution in [0, 0.1) is 0 Å². The normalized spacial score (nSPS) is 12.2. The summed E-state index contributed by atoms with van der Waals surface area (Å²) in [7, 11) is -0.497. The summed E-state index contributed by atoms with van der Waals surface area (Å²) in [6, 6.07) is 1.42. The first-order valence-corrected chi connectivity index (χ1v) is 6.54. The number of rotatable bonds is 8. The van der Waals surface area contributed by atoms with Crippen LogP contribution in [-0.2, 0) is 19.5 Å². The highest BCUT2D eigenvalue weighted by molar-refractivity contribution is 7.89.